The van der Waals surface area contributed by atoms with E-state index in [-0.39, 0.29) is 42.9 Å². The summed E-state index contributed by atoms with van der Waals surface area (Å²) in [4.78, 5) is 13.9. The van der Waals surface area contributed by atoms with Crippen LogP contribution in [0.25, 0.3) is 10.9 Å². The highest BCUT2D eigenvalue weighted by Crippen LogP contribution is 2.43. The summed E-state index contributed by atoms with van der Waals surface area (Å²) in [5, 5.41) is 4.89. The first-order valence-corrected chi connectivity index (χ1v) is 16.7. The van der Waals surface area contributed by atoms with Crippen molar-refractivity contribution in [1.82, 2.24) is 19.5 Å². The first kappa shape index (κ1) is 31.3. The molecule has 4 aromatic rings. The predicted octanol–water partition coefficient (Wildman–Crippen LogP) is 5.85. The van der Waals surface area contributed by atoms with Crippen LogP contribution in [0.5, 0.6) is 0 Å². The Kier molecular flexibility index (Phi) is 9.92. The minimum Gasteiger partial charge on any atom is -0.343 e. The highest BCUT2D eigenvalue weighted by atomic mass is 35.5. The number of para-hydroxylation sites is 1. The molecule has 2 fully saturated rings. The summed E-state index contributed by atoms with van der Waals surface area (Å²) in [5.74, 6) is -0.122. The Morgan fingerprint density at radius 1 is 0.930 bits per heavy atom. The smallest absolute Gasteiger partial charge is 0.256 e. The van der Waals surface area contributed by atoms with Crippen molar-refractivity contribution >= 4 is 39.2 Å². The monoisotopic (exact) mass is 620 g/mol. The Morgan fingerprint density at radius 2 is 1.58 bits per heavy atom. The summed E-state index contributed by atoms with van der Waals surface area (Å²) in [7, 11) is -3.95. The first-order chi connectivity index (χ1) is 20.5. The van der Waals surface area contributed by atoms with Crippen LogP contribution in [0.4, 0.5) is 0 Å². The van der Waals surface area contributed by atoms with E-state index >= 15 is 0 Å². The third-order valence-corrected chi connectivity index (χ3v) is 10.4. The topological polar surface area (TPSA) is 83.4 Å². The quantitative estimate of drug-likeness (QED) is 0.206. The van der Waals surface area contributed by atoms with E-state index in [9.17, 15) is 13.2 Å². The second kappa shape index (κ2) is 13.6. The number of hydrogen-bond acceptors (Lipinski definition) is 4. The van der Waals surface area contributed by atoms with Crippen molar-refractivity contribution in [2.75, 3.05) is 26.2 Å². The number of likely N-dealkylation sites (tertiary alicyclic amines) is 1. The van der Waals surface area contributed by atoms with Gasteiger partial charge >= 0.3 is 0 Å². The van der Waals surface area contributed by atoms with Crippen LogP contribution in [0.1, 0.15) is 67.7 Å². The fraction of sp³-hybridized carbons (Fsp3) is 0.382. The molecule has 7 nitrogen and oxygen atoms in total. The number of hydrogen-bond donors (Lipinski definition) is 2. The Bertz CT molecular complexity index is 1600. The molecule has 43 heavy (non-hydrogen) atoms. The average molecular weight is 621 g/mol. The van der Waals surface area contributed by atoms with Crippen LogP contribution in [0.3, 0.4) is 0 Å². The van der Waals surface area contributed by atoms with E-state index in [1.54, 1.807) is 0 Å². The first-order valence-electron chi connectivity index (χ1n) is 15.2. The average Bonchev–Trinajstić information content (AvgIpc) is 3.77. The molecule has 1 aromatic heterocycles. The minimum atomic E-state index is -3.95. The van der Waals surface area contributed by atoms with Crippen LogP contribution in [0.15, 0.2) is 90.0 Å². The lowest BCUT2D eigenvalue weighted by atomic mass is 9.85. The van der Waals surface area contributed by atoms with Gasteiger partial charge in [-0.25, -0.2) is 13.1 Å². The van der Waals surface area contributed by atoms with Gasteiger partial charge in [-0.1, -0.05) is 78.9 Å². The van der Waals surface area contributed by atoms with Gasteiger partial charge in [0.05, 0.1) is 0 Å². The molecule has 0 spiro atoms. The number of rotatable bonds is 11. The molecule has 0 saturated carbocycles. The number of carbonyl (C=O) groups excluding carboxylic acids is 1. The standard InChI is InChI=1S/C34H40N4O3S.ClH/c1-25(29-18-10-21-35-29)38-30-19-9-8-17-28(30)33(32(26-13-4-2-5-14-26)27-15-6-3-7-16-27)34(38)42(40,41)36-22-12-24-37-23-11-20-31(37)39;/h2-9,13-17,19,25,29,32,35-36H,10-12,18,20-24H2,1H3;1H. The lowest BCUT2D eigenvalue weighted by Gasteiger charge is -2.26. The van der Waals surface area contributed by atoms with E-state index in [4.69, 9.17) is 0 Å². The molecule has 2 aliphatic heterocycles. The molecule has 6 rings (SSSR count). The fourth-order valence-electron chi connectivity index (χ4n) is 6.83. The largest absolute Gasteiger partial charge is 0.343 e. The van der Waals surface area contributed by atoms with Gasteiger partial charge in [0.15, 0.2) is 5.03 Å². The lowest BCUT2D eigenvalue weighted by Crippen LogP contribution is -2.35. The normalized spacial score (nSPS) is 18.0. The van der Waals surface area contributed by atoms with Crippen LogP contribution in [-0.4, -0.2) is 56.0 Å². The summed E-state index contributed by atoms with van der Waals surface area (Å²) in [6.07, 6.45) is 4.11. The Hall–Kier alpha value is -3.17. The van der Waals surface area contributed by atoms with Crippen LogP contribution in [0.2, 0.25) is 0 Å². The summed E-state index contributed by atoms with van der Waals surface area (Å²) < 4.78 is 34.1. The number of aromatic nitrogens is 1. The number of nitrogens with one attached hydrogen (secondary N) is 2. The zero-order chi connectivity index (χ0) is 29.1. The number of sulfonamides is 1. The summed E-state index contributed by atoms with van der Waals surface area (Å²) in [5.41, 5.74) is 3.81. The second-order valence-electron chi connectivity index (χ2n) is 11.5. The van der Waals surface area contributed by atoms with Gasteiger partial charge in [0.25, 0.3) is 10.0 Å². The van der Waals surface area contributed by atoms with Gasteiger partial charge < -0.3 is 14.8 Å². The lowest BCUT2D eigenvalue weighted by molar-refractivity contribution is -0.127. The fourth-order valence-corrected chi connectivity index (χ4v) is 8.42. The summed E-state index contributed by atoms with van der Waals surface area (Å²) in [6.45, 7) is 4.66. The van der Waals surface area contributed by atoms with E-state index in [0.717, 1.165) is 59.9 Å². The van der Waals surface area contributed by atoms with E-state index < -0.39 is 10.0 Å². The molecule has 2 aliphatic rings. The van der Waals surface area contributed by atoms with Crippen molar-refractivity contribution in [2.45, 2.75) is 62.1 Å². The van der Waals surface area contributed by atoms with Crippen molar-refractivity contribution in [3.8, 4) is 0 Å². The Labute approximate surface area is 261 Å². The van der Waals surface area contributed by atoms with Crippen LogP contribution in [0, 0.1) is 0 Å². The molecule has 2 N–H and O–H groups in total. The zero-order valence-electron chi connectivity index (χ0n) is 24.6. The molecule has 2 unspecified atom stereocenters. The molecule has 0 aliphatic carbocycles. The van der Waals surface area contributed by atoms with E-state index in [2.05, 4.69) is 57.9 Å². The molecule has 228 valence electrons. The maximum absolute atomic E-state index is 14.6. The van der Waals surface area contributed by atoms with Crippen molar-refractivity contribution < 1.29 is 13.2 Å². The van der Waals surface area contributed by atoms with Crippen molar-refractivity contribution in [3.05, 3.63) is 102 Å². The molecular weight excluding hydrogens is 580 g/mol. The van der Waals surface area contributed by atoms with Gasteiger partial charge in [-0.05, 0) is 56.3 Å². The molecule has 1 amide bonds. The molecule has 3 heterocycles. The Balaban J connectivity index is 0.00000368. The van der Waals surface area contributed by atoms with Gasteiger partial charge in [-0.2, -0.15) is 0 Å². The van der Waals surface area contributed by atoms with Crippen LogP contribution in [-0.2, 0) is 14.8 Å². The van der Waals surface area contributed by atoms with E-state index in [0.29, 0.717) is 24.4 Å². The summed E-state index contributed by atoms with van der Waals surface area (Å²) >= 11 is 0. The second-order valence-corrected chi connectivity index (χ2v) is 13.2. The number of carbonyl (C=O) groups is 1. The molecular formula is C34H41ClN4O3S. The van der Waals surface area contributed by atoms with Crippen LogP contribution >= 0.6 is 12.4 Å². The molecule has 2 atom stereocenters. The molecule has 9 heteroatoms. The Morgan fingerprint density at radius 3 is 2.19 bits per heavy atom. The SMILES string of the molecule is CC(C1CCCN1)n1c(S(=O)(=O)NCCCN2CCCC2=O)c(C(c2ccccc2)c2ccccc2)c2ccccc21.Cl. The maximum atomic E-state index is 14.6. The van der Waals surface area contributed by atoms with Gasteiger partial charge in [-0.15, -0.1) is 12.4 Å². The van der Waals surface area contributed by atoms with Gasteiger partial charge in [-0.3, -0.25) is 4.79 Å². The molecule has 0 bridgehead atoms. The number of nitrogens with zero attached hydrogens (tertiary/aromatic N) is 2. The maximum Gasteiger partial charge on any atom is 0.256 e. The molecule has 3 aromatic carbocycles. The van der Waals surface area contributed by atoms with Crippen LogP contribution < -0.4 is 10.0 Å². The zero-order valence-corrected chi connectivity index (χ0v) is 26.2. The van der Waals surface area contributed by atoms with E-state index in [1.165, 1.54) is 0 Å². The highest BCUT2D eigenvalue weighted by molar-refractivity contribution is 7.89. The van der Waals surface area contributed by atoms with Gasteiger partial charge in [0.1, 0.15) is 0 Å². The molecule has 0 radical (unpaired) electrons. The molecule has 2 saturated heterocycles. The highest BCUT2D eigenvalue weighted by Gasteiger charge is 2.36. The van der Waals surface area contributed by atoms with E-state index in [1.807, 2.05) is 53.4 Å². The number of fused-ring (bicyclic) bond motifs is 1. The third kappa shape index (κ3) is 6.38. The minimum absolute atomic E-state index is 0. The van der Waals surface area contributed by atoms with Gasteiger partial charge in [0.2, 0.25) is 5.91 Å². The van der Waals surface area contributed by atoms with Crippen molar-refractivity contribution in [1.29, 1.82) is 0 Å². The number of benzene rings is 3. The number of amides is 1. The van der Waals surface area contributed by atoms with Gasteiger partial charge in [0, 0.05) is 60.5 Å². The van der Waals surface area contributed by atoms with Crippen molar-refractivity contribution in [2.24, 2.45) is 0 Å². The third-order valence-electron chi connectivity index (χ3n) is 8.87. The summed E-state index contributed by atoms with van der Waals surface area (Å²) in [6, 6.07) is 28.6. The number of halogens is 1. The predicted molar refractivity (Wildman–Crippen MR) is 174 cm³/mol. The van der Waals surface area contributed by atoms with Crippen molar-refractivity contribution in [3.63, 3.8) is 0 Å².